The molecule has 0 fully saturated rings. The van der Waals surface area contributed by atoms with Crippen molar-refractivity contribution in [1.29, 1.82) is 0 Å². The van der Waals surface area contributed by atoms with E-state index in [-0.39, 0.29) is 29.8 Å². The summed E-state index contributed by atoms with van der Waals surface area (Å²) in [6.45, 7) is 6.89. The van der Waals surface area contributed by atoms with Crippen LogP contribution in [0, 0.1) is 13.8 Å². The Bertz CT molecular complexity index is 1800. The van der Waals surface area contributed by atoms with Gasteiger partial charge >= 0.3 is 0 Å². The summed E-state index contributed by atoms with van der Waals surface area (Å²) in [5.74, 6) is -0.991. The molecule has 4 aromatic carbocycles. The van der Waals surface area contributed by atoms with Crippen LogP contribution in [-0.4, -0.2) is 43.8 Å². The summed E-state index contributed by atoms with van der Waals surface area (Å²) in [6.07, 6.45) is 0.846. The van der Waals surface area contributed by atoms with Crippen LogP contribution in [0.5, 0.6) is 0 Å². The maximum Gasteiger partial charge on any atom is 0.264 e. The molecule has 0 radical (unpaired) electrons. The fourth-order valence-corrected chi connectivity index (χ4v) is 7.04. The van der Waals surface area contributed by atoms with Crippen molar-refractivity contribution >= 4 is 62.3 Å². The number of halogens is 3. The van der Waals surface area contributed by atoms with Crippen LogP contribution in [0.15, 0.2) is 95.9 Å². The van der Waals surface area contributed by atoms with Gasteiger partial charge < -0.3 is 10.2 Å². The first-order valence-corrected chi connectivity index (χ1v) is 17.8. The third kappa shape index (κ3) is 9.08. The standard InChI is InChI=1S/C36H38Cl3N3O4S/c1-5-26(4)40-36(44)34(21-27-10-7-6-8-11-27)41(22-31-32(38)12-9-13-33(31)39)35(43)23-42(29-17-14-24(2)25(3)20-29)47(45,46)30-18-15-28(37)16-19-30/h6-20,26,34H,5,21-23H2,1-4H3,(H,40,44)/t26-,34+/m0/s1. The Morgan fingerprint density at radius 3 is 2.06 bits per heavy atom. The first-order chi connectivity index (χ1) is 22.3. The number of carbonyl (C=O) groups excluding carboxylic acids is 2. The summed E-state index contributed by atoms with van der Waals surface area (Å²) in [6, 6.07) is 24.1. The van der Waals surface area contributed by atoms with Gasteiger partial charge in [0.15, 0.2) is 0 Å². The number of amides is 2. The van der Waals surface area contributed by atoms with E-state index in [1.54, 1.807) is 36.4 Å². The van der Waals surface area contributed by atoms with Gasteiger partial charge in [-0.3, -0.25) is 13.9 Å². The van der Waals surface area contributed by atoms with Crippen molar-refractivity contribution in [2.24, 2.45) is 0 Å². The number of hydrogen-bond donors (Lipinski definition) is 1. The number of carbonyl (C=O) groups is 2. The van der Waals surface area contributed by atoms with E-state index in [9.17, 15) is 18.0 Å². The van der Waals surface area contributed by atoms with Crippen molar-refractivity contribution in [3.8, 4) is 0 Å². The van der Waals surface area contributed by atoms with Crippen LogP contribution in [0.4, 0.5) is 5.69 Å². The van der Waals surface area contributed by atoms with Crippen molar-refractivity contribution in [3.05, 3.63) is 128 Å². The summed E-state index contributed by atoms with van der Waals surface area (Å²) in [4.78, 5) is 30.0. The Balaban J connectivity index is 1.86. The topological polar surface area (TPSA) is 86.8 Å². The third-order valence-electron chi connectivity index (χ3n) is 8.12. The molecule has 0 saturated carbocycles. The minimum atomic E-state index is -4.27. The molecule has 248 valence electrons. The van der Waals surface area contributed by atoms with Gasteiger partial charge in [-0.05, 0) is 92.4 Å². The largest absolute Gasteiger partial charge is 0.352 e. The molecular formula is C36H38Cl3N3O4S. The van der Waals surface area contributed by atoms with Gasteiger partial charge in [0.25, 0.3) is 10.0 Å². The second-order valence-electron chi connectivity index (χ2n) is 11.5. The summed E-state index contributed by atoms with van der Waals surface area (Å²) >= 11 is 19.3. The monoisotopic (exact) mass is 713 g/mol. The predicted octanol–water partition coefficient (Wildman–Crippen LogP) is 8.01. The van der Waals surface area contributed by atoms with E-state index in [4.69, 9.17) is 34.8 Å². The smallest absolute Gasteiger partial charge is 0.264 e. The van der Waals surface area contributed by atoms with Crippen LogP contribution in [0.3, 0.4) is 0 Å². The van der Waals surface area contributed by atoms with Crippen molar-refractivity contribution in [2.45, 2.75) is 64.1 Å². The molecular weight excluding hydrogens is 677 g/mol. The summed E-state index contributed by atoms with van der Waals surface area (Å²) in [7, 11) is -4.27. The van der Waals surface area contributed by atoms with Crippen LogP contribution in [0.2, 0.25) is 15.1 Å². The van der Waals surface area contributed by atoms with Crippen LogP contribution in [-0.2, 0) is 32.6 Å². The van der Waals surface area contributed by atoms with Gasteiger partial charge in [0.2, 0.25) is 11.8 Å². The Morgan fingerprint density at radius 1 is 0.830 bits per heavy atom. The lowest BCUT2D eigenvalue weighted by molar-refractivity contribution is -0.140. The van der Waals surface area contributed by atoms with E-state index in [2.05, 4.69) is 5.32 Å². The van der Waals surface area contributed by atoms with Crippen LogP contribution < -0.4 is 9.62 Å². The zero-order valence-corrected chi connectivity index (χ0v) is 29.8. The van der Waals surface area contributed by atoms with E-state index in [0.717, 1.165) is 21.0 Å². The predicted molar refractivity (Wildman–Crippen MR) is 191 cm³/mol. The molecule has 2 atom stereocenters. The second-order valence-corrected chi connectivity index (χ2v) is 14.6. The highest BCUT2D eigenvalue weighted by Gasteiger charge is 2.35. The quantitative estimate of drug-likeness (QED) is 0.152. The van der Waals surface area contributed by atoms with Crippen molar-refractivity contribution in [1.82, 2.24) is 10.2 Å². The van der Waals surface area contributed by atoms with Gasteiger partial charge in [0, 0.05) is 39.6 Å². The molecule has 47 heavy (non-hydrogen) atoms. The number of benzene rings is 4. The fourth-order valence-electron chi connectivity index (χ4n) is 4.99. The molecule has 0 aromatic heterocycles. The van der Waals surface area contributed by atoms with E-state index in [1.165, 1.54) is 29.2 Å². The van der Waals surface area contributed by atoms with Gasteiger partial charge in [-0.25, -0.2) is 8.42 Å². The minimum Gasteiger partial charge on any atom is -0.352 e. The Labute approximate surface area is 292 Å². The van der Waals surface area contributed by atoms with E-state index >= 15 is 0 Å². The summed E-state index contributed by atoms with van der Waals surface area (Å²) in [5.41, 5.74) is 3.37. The average molecular weight is 715 g/mol. The van der Waals surface area contributed by atoms with Crippen LogP contribution >= 0.6 is 34.8 Å². The molecule has 0 heterocycles. The highest BCUT2D eigenvalue weighted by molar-refractivity contribution is 7.92. The normalized spacial score (nSPS) is 12.7. The molecule has 7 nitrogen and oxygen atoms in total. The first kappa shape index (κ1) is 36.3. The lowest BCUT2D eigenvalue weighted by atomic mass is 10.0. The lowest BCUT2D eigenvalue weighted by Crippen LogP contribution is -2.54. The number of nitrogens with one attached hydrogen (secondary N) is 1. The number of nitrogens with zero attached hydrogens (tertiary/aromatic N) is 2. The molecule has 0 saturated heterocycles. The van der Waals surface area contributed by atoms with E-state index < -0.39 is 28.5 Å². The Kier molecular flexibility index (Phi) is 12.4. The van der Waals surface area contributed by atoms with Gasteiger partial charge in [-0.15, -0.1) is 0 Å². The zero-order valence-electron chi connectivity index (χ0n) is 26.7. The zero-order chi connectivity index (χ0) is 34.3. The highest BCUT2D eigenvalue weighted by Crippen LogP contribution is 2.30. The molecule has 0 aliphatic heterocycles. The van der Waals surface area contributed by atoms with Gasteiger partial charge in [-0.1, -0.05) is 84.2 Å². The fraction of sp³-hybridized carbons (Fsp3) is 0.278. The molecule has 2 amide bonds. The third-order valence-corrected chi connectivity index (χ3v) is 10.9. The molecule has 1 N–H and O–H groups in total. The molecule has 0 aliphatic carbocycles. The molecule has 0 bridgehead atoms. The van der Waals surface area contributed by atoms with E-state index in [1.807, 2.05) is 58.0 Å². The lowest BCUT2D eigenvalue weighted by Gasteiger charge is -2.34. The Hall–Kier alpha value is -3.56. The molecule has 0 unspecified atom stereocenters. The molecule has 0 spiro atoms. The number of aryl methyl sites for hydroxylation is 2. The van der Waals surface area contributed by atoms with E-state index in [0.29, 0.717) is 32.7 Å². The minimum absolute atomic E-state index is 0.0380. The SMILES string of the molecule is CC[C@H](C)NC(=O)[C@@H](Cc1ccccc1)N(Cc1c(Cl)cccc1Cl)C(=O)CN(c1ccc(C)c(C)c1)S(=O)(=O)c1ccc(Cl)cc1. The average Bonchev–Trinajstić information content (AvgIpc) is 3.04. The summed E-state index contributed by atoms with van der Waals surface area (Å²) in [5, 5.41) is 4.02. The maximum atomic E-state index is 14.7. The van der Waals surface area contributed by atoms with Gasteiger partial charge in [-0.2, -0.15) is 0 Å². The number of hydrogen-bond acceptors (Lipinski definition) is 4. The maximum absolute atomic E-state index is 14.7. The number of anilines is 1. The van der Waals surface area contributed by atoms with Gasteiger partial charge in [0.05, 0.1) is 10.6 Å². The molecule has 0 aliphatic rings. The van der Waals surface area contributed by atoms with Crippen molar-refractivity contribution < 1.29 is 18.0 Å². The highest BCUT2D eigenvalue weighted by atomic mass is 35.5. The Morgan fingerprint density at radius 2 is 1.47 bits per heavy atom. The second kappa shape index (κ2) is 16.0. The molecule has 4 aromatic rings. The van der Waals surface area contributed by atoms with Gasteiger partial charge in [0.1, 0.15) is 12.6 Å². The van der Waals surface area contributed by atoms with Crippen LogP contribution in [0.25, 0.3) is 0 Å². The number of sulfonamides is 1. The summed E-state index contributed by atoms with van der Waals surface area (Å²) < 4.78 is 29.5. The van der Waals surface area contributed by atoms with Crippen molar-refractivity contribution in [2.75, 3.05) is 10.8 Å². The van der Waals surface area contributed by atoms with Crippen molar-refractivity contribution in [3.63, 3.8) is 0 Å². The van der Waals surface area contributed by atoms with Crippen LogP contribution in [0.1, 0.15) is 42.5 Å². The first-order valence-electron chi connectivity index (χ1n) is 15.2. The molecule has 11 heteroatoms. The molecule has 4 rings (SSSR count). The number of rotatable bonds is 13.